The highest BCUT2D eigenvalue weighted by molar-refractivity contribution is 5.76. The third-order valence-corrected chi connectivity index (χ3v) is 4.05. The maximum absolute atomic E-state index is 12.1. The van der Waals surface area contributed by atoms with Crippen molar-refractivity contribution in [1.82, 2.24) is 15.4 Å². The quantitative estimate of drug-likeness (QED) is 0.787. The number of rotatable bonds is 7. The maximum atomic E-state index is 12.1. The van der Waals surface area contributed by atoms with Crippen molar-refractivity contribution in [2.45, 2.75) is 53.0 Å². The van der Waals surface area contributed by atoms with E-state index in [0.717, 1.165) is 37.4 Å². The van der Waals surface area contributed by atoms with Gasteiger partial charge in [0.25, 0.3) is 0 Å². The van der Waals surface area contributed by atoms with E-state index in [4.69, 9.17) is 4.52 Å². The van der Waals surface area contributed by atoms with Gasteiger partial charge in [-0.15, -0.1) is 0 Å². The van der Waals surface area contributed by atoms with Crippen LogP contribution in [0.25, 0.3) is 0 Å². The molecule has 1 aromatic rings. The molecule has 2 heterocycles. The minimum atomic E-state index is 0.261. The van der Waals surface area contributed by atoms with Crippen molar-refractivity contribution in [2.75, 3.05) is 19.6 Å². The third-order valence-electron chi connectivity index (χ3n) is 4.05. The topological polar surface area (TPSA) is 58.4 Å². The van der Waals surface area contributed by atoms with Crippen LogP contribution < -0.4 is 5.32 Å². The Morgan fingerprint density at radius 2 is 2.36 bits per heavy atom. The van der Waals surface area contributed by atoms with Gasteiger partial charge in [0, 0.05) is 32.1 Å². The molecule has 0 saturated carbocycles. The van der Waals surface area contributed by atoms with Gasteiger partial charge in [-0.1, -0.05) is 25.9 Å². The lowest BCUT2D eigenvalue weighted by molar-refractivity contribution is -0.132. The van der Waals surface area contributed by atoms with Gasteiger partial charge in [-0.05, 0) is 31.1 Å². The van der Waals surface area contributed by atoms with E-state index >= 15 is 0 Å². The Bertz CT molecular complexity index is 470. The van der Waals surface area contributed by atoms with Crippen LogP contribution in [0.15, 0.2) is 10.6 Å². The molecule has 1 aliphatic rings. The van der Waals surface area contributed by atoms with Gasteiger partial charge in [-0.3, -0.25) is 4.79 Å². The lowest BCUT2D eigenvalue weighted by Crippen LogP contribution is -2.40. The number of likely N-dealkylation sites (tertiary alicyclic amines) is 1. The molecule has 22 heavy (non-hydrogen) atoms. The first kappa shape index (κ1) is 17.0. The van der Waals surface area contributed by atoms with Crippen molar-refractivity contribution < 1.29 is 9.32 Å². The third kappa shape index (κ3) is 5.44. The molecule has 5 nitrogen and oxygen atoms in total. The Labute approximate surface area is 133 Å². The highest BCUT2D eigenvalue weighted by Gasteiger charge is 2.20. The Kier molecular flexibility index (Phi) is 6.43. The molecule has 1 aromatic heterocycles. The van der Waals surface area contributed by atoms with Gasteiger partial charge in [0.2, 0.25) is 5.91 Å². The van der Waals surface area contributed by atoms with E-state index in [1.54, 1.807) is 0 Å². The average Bonchev–Trinajstić information content (AvgIpc) is 2.90. The van der Waals surface area contributed by atoms with Crippen LogP contribution in [-0.2, 0) is 17.8 Å². The molecule has 0 aliphatic carbocycles. The number of carbonyl (C=O) groups is 1. The zero-order valence-corrected chi connectivity index (χ0v) is 14.1. The van der Waals surface area contributed by atoms with E-state index in [1.165, 1.54) is 6.42 Å². The second-order valence-corrected chi connectivity index (χ2v) is 6.90. The summed E-state index contributed by atoms with van der Waals surface area (Å²) in [6, 6.07) is 2.00. The molecule has 1 atom stereocenters. The van der Waals surface area contributed by atoms with Gasteiger partial charge in [-0.2, -0.15) is 0 Å². The number of nitrogens with zero attached hydrogens (tertiary/aromatic N) is 2. The van der Waals surface area contributed by atoms with Crippen LogP contribution in [0.5, 0.6) is 0 Å². The summed E-state index contributed by atoms with van der Waals surface area (Å²) >= 11 is 0. The molecule has 0 radical (unpaired) electrons. The first-order valence-corrected chi connectivity index (χ1v) is 8.47. The lowest BCUT2D eigenvalue weighted by Gasteiger charge is -2.31. The molecule has 1 amide bonds. The Hall–Kier alpha value is -1.36. The molecule has 1 aliphatic heterocycles. The van der Waals surface area contributed by atoms with Crippen LogP contribution >= 0.6 is 0 Å². The standard InChI is InChI=1S/C17H29N3O2/c1-13(2)9-15-10-16(22-19-15)11-18-7-6-17(21)20-8-4-5-14(3)12-20/h10,13-14,18H,4-9,11-12H2,1-3H3/t14-/m1/s1. The maximum Gasteiger partial charge on any atom is 0.223 e. The predicted molar refractivity (Wildman–Crippen MR) is 86.3 cm³/mol. The fourth-order valence-electron chi connectivity index (χ4n) is 2.93. The SMILES string of the molecule is CC(C)Cc1cc(CNCCC(=O)N2CCC[C@@H](C)C2)on1. The molecule has 1 saturated heterocycles. The van der Waals surface area contributed by atoms with Crippen LogP contribution in [-0.4, -0.2) is 35.6 Å². The Balaban J connectivity index is 1.64. The average molecular weight is 307 g/mol. The molecular weight excluding hydrogens is 278 g/mol. The van der Waals surface area contributed by atoms with E-state index < -0.39 is 0 Å². The molecular formula is C17H29N3O2. The molecule has 0 bridgehead atoms. The number of hydrogen-bond acceptors (Lipinski definition) is 4. The fraction of sp³-hybridized carbons (Fsp3) is 0.765. The number of aromatic nitrogens is 1. The summed E-state index contributed by atoms with van der Waals surface area (Å²) in [5.74, 6) is 2.32. The predicted octanol–water partition coefficient (Wildman–Crippen LogP) is 2.61. The van der Waals surface area contributed by atoms with Crippen molar-refractivity contribution in [2.24, 2.45) is 11.8 Å². The number of nitrogens with one attached hydrogen (secondary N) is 1. The van der Waals surface area contributed by atoms with Crippen molar-refractivity contribution in [3.8, 4) is 0 Å². The number of carbonyl (C=O) groups excluding carboxylic acids is 1. The van der Waals surface area contributed by atoms with Gasteiger partial charge >= 0.3 is 0 Å². The largest absolute Gasteiger partial charge is 0.360 e. The van der Waals surface area contributed by atoms with E-state index in [2.05, 4.69) is 31.2 Å². The molecule has 2 rings (SSSR count). The van der Waals surface area contributed by atoms with Crippen LogP contribution in [0.3, 0.4) is 0 Å². The highest BCUT2D eigenvalue weighted by Crippen LogP contribution is 2.16. The van der Waals surface area contributed by atoms with Crippen LogP contribution in [0.4, 0.5) is 0 Å². The van der Waals surface area contributed by atoms with Crippen molar-refractivity contribution in [1.29, 1.82) is 0 Å². The van der Waals surface area contributed by atoms with Gasteiger partial charge in [0.1, 0.15) is 0 Å². The first-order valence-electron chi connectivity index (χ1n) is 8.47. The minimum Gasteiger partial charge on any atom is -0.360 e. The van der Waals surface area contributed by atoms with E-state index in [1.807, 2.05) is 11.0 Å². The van der Waals surface area contributed by atoms with Gasteiger partial charge in [-0.25, -0.2) is 0 Å². The van der Waals surface area contributed by atoms with Crippen LogP contribution in [0.2, 0.25) is 0 Å². The number of amides is 1. The summed E-state index contributed by atoms with van der Waals surface area (Å²) in [6.07, 6.45) is 3.87. The highest BCUT2D eigenvalue weighted by atomic mass is 16.5. The Morgan fingerprint density at radius 3 is 3.09 bits per heavy atom. The monoisotopic (exact) mass is 307 g/mol. The molecule has 5 heteroatoms. The second kappa shape index (κ2) is 8.32. The van der Waals surface area contributed by atoms with Crippen LogP contribution in [0.1, 0.15) is 51.5 Å². The van der Waals surface area contributed by atoms with Gasteiger partial charge in [0.05, 0.1) is 12.2 Å². The number of piperidine rings is 1. The molecule has 0 aromatic carbocycles. The second-order valence-electron chi connectivity index (χ2n) is 6.90. The van der Waals surface area contributed by atoms with Crippen molar-refractivity contribution in [3.63, 3.8) is 0 Å². The first-order chi connectivity index (χ1) is 10.5. The fourth-order valence-corrected chi connectivity index (χ4v) is 2.93. The molecule has 124 valence electrons. The van der Waals surface area contributed by atoms with Gasteiger partial charge in [0.15, 0.2) is 5.76 Å². The van der Waals surface area contributed by atoms with Gasteiger partial charge < -0.3 is 14.7 Å². The normalized spacial score (nSPS) is 18.9. The van der Waals surface area contributed by atoms with E-state index in [-0.39, 0.29) is 5.91 Å². The summed E-state index contributed by atoms with van der Waals surface area (Å²) in [5.41, 5.74) is 1.00. The zero-order valence-electron chi connectivity index (χ0n) is 14.1. The summed E-state index contributed by atoms with van der Waals surface area (Å²) in [4.78, 5) is 14.1. The molecule has 1 fully saturated rings. The van der Waals surface area contributed by atoms with Crippen LogP contribution in [0, 0.1) is 11.8 Å². The summed E-state index contributed by atoms with van der Waals surface area (Å²) in [6.45, 7) is 9.71. The zero-order chi connectivity index (χ0) is 15.9. The summed E-state index contributed by atoms with van der Waals surface area (Å²) in [7, 11) is 0. The Morgan fingerprint density at radius 1 is 1.55 bits per heavy atom. The lowest BCUT2D eigenvalue weighted by atomic mass is 10.00. The summed E-state index contributed by atoms with van der Waals surface area (Å²) < 4.78 is 5.30. The van der Waals surface area contributed by atoms with E-state index in [0.29, 0.717) is 31.3 Å². The van der Waals surface area contributed by atoms with Crippen molar-refractivity contribution in [3.05, 3.63) is 17.5 Å². The molecule has 0 spiro atoms. The smallest absolute Gasteiger partial charge is 0.223 e. The summed E-state index contributed by atoms with van der Waals surface area (Å²) in [5, 5.41) is 7.33. The van der Waals surface area contributed by atoms with Crippen molar-refractivity contribution >= 4 is 5.91 Å². The molecule has 1 N–H and O–H groups in total. The number of hydrogen-bond donors (Lipinski definition) is 1. The minimum absolute atomic E-state index is 0.261. The molecule has 0 unspecified atom stereocenters. The van der Waals surface area contributed by atoms with E-state index in [9.17, 15) is 4.79 Å².